The highest BCUT2D eigenvalue weighted by Crippen LogP contribution is 2.12. The zero-order valence-electron chi connectivity index (χ0n) is 14.2. The van der Waals surface area contributed by atoms with Gasteiger partial charge in [0.05, 0.1) is 19.7 Å². The Hall–Kier alpha value is -1.79. The first-order valence-electron chi connectivity index (χ1n) is 8.09. The third-order valence-electron chi connectivity index (χ3n) is 3.80. The molecule has 1 aromatic carbocycles. The number of guanidine groups is 1. The lowest BCUT2D eigenvalue weighted by atomic mass is 10.1. The molecular formula is C17H25ClN4O2. The molecule has 1 aromatic rings. The Bertz CT molecular complexity index is 571. The Kier molecular flexibility index (Phi) is 7.34. The van der Waals surface area contributed by atoms with Crippen LogP contribution in [0.3, 0.4) is 0 Å². The minimum absolute atomic E-state index is 0.00328. The minimum Gasteiger partial charge on any atom is -0.381 e. The normalized spacial score (nSPS) is 17.6. The zero-order chi connectivity index (χ0) is 17.4. The van der Waals surface area contributed by atoms with Crippen molar-refractivity contribution >= 4 is 23.5 Å². The van der Waals surface area contributed by atoms with E-state index in [0.29, 0.717) is 23.4 Å². The molecular weight excluding hydrogens is 328 g/mol. The molecule has 0 radical (unpaired) electrons. The number of likely N-dealkylation sites (N-methyl/N-ethyl adjacent to an activating group) is 1. The second kappa shape index (κ2) is 9.49. The van der Waals surface area contributed by atoms with Crippen LogP contribution in [0.15, 0.2) is 29.3 Å². The predicted octanol–water partition coefficient (Wildman–Crippen LogP) is 1.50. The van der Waals surface area contributed by atoms with Gasteiger partial charge in [0, 0.05) is 38.2 Å². The van der Waals surface area contributed by atoms with E-state index in [1.807, 2.05) is 24.3 Å². The van der Waals surface area contributed by atoms with E-state index in [-0.39, 0.29) is 12.5 Å². The number of nitrogens with one attached hydrogen (secondary N) is 2. The van der Waals surface area contributed by atoms with Gasteiger partial charge in [-0.3, -0.25) is 4.79 Å². The molecule has 0 saturated carbocycles. The lowest BCUT2D eigenvalue weighted by molar-refractivity contribution is -0.127. The van der Waals surface area contributed by atoms with Crippen molar-refractivity contribution in [1.82, 2.24) is 15.5 Å². The third-order valence-corrected chi connectivity index (χ3v) is 4.03. The summed E-state index contributed by atoms with van der Waals surface area (Å²) >= 11 is 6.00. The fourth-order valence-electron chi connectivity index (χ4n) is 2.28. The topological polar surface area (TPSA) is 66.0 Å². The van der Waals surface area contributed by atoms with E-state index in [9.17, 15) is 4.79 Å². The number of halogens is 1. The van der Waals surface area contributed by atoms with Crippen LogP contribution < -0.4 is 10.6 Å². The zero-order valence-corrected chi connectivity index (χ0v) is 15.0. The molecule has 1 unspecified atom stereocenters. The number of rotatable bonds is 6. The second-order valence-electron chi connectivity index (χ2n) is 6.05. The van der Waals surface area contributed by atoms with Gasteiger partial charge in [-0.05, 0) is 24.1 Å². The van der Waals surface area contributed by atoms with Crippen LogP contribution >= 0.6 is 11.6 Å². The first-order valence-corrected chi connectivity index (χ1v) is 8.47. The van der Waals surface area contributed by atoms with Crippen molar-refractivity contribution in [3.63, 3.8) is 0 Å². The average Bonchev–Trinajstić information content (AvgIpc) is 3.07. The summed E-state index contributed by atoms with van der Waals surface area (Å²) in [6.07, 6.45) is 1.05. The van der Waals surface area contributed by atoms with Crippen molar-refractivity contribution in [2.24, 2.45) is 10.9 Å². The van der Waals surface area contributed by atoms with Gasteiger partial charge in [-0.1, -0.05) is 23.7 Å². The summed E-state index contributed by atoms with van der Waals surface area (Å²) in [5.74, 6) is 1.10. The Morgan fingerprint density at radius 1 is 1.42 bits per heavy atom. The fraction of sp³-hybridized carbons (Fsp3) is 0.529. The molecule has 1 amide bonds. The molecule has 1 fully saturated rings. The maximum atomic E-state index is 11.8. The molecule has 1 saturated heterocycles. The fourth-order valence-corrected chi connectivity index (χ4v) is 2.50. The molecule has 0 aliphatic carbocycles. The number of ether oxygens (including phenoxy) is 1. The summed E-state index contributed by atoms with van der Waals surface area (Å²) in [5, 5.41) is 7.07. The van der Waals surface area contributed by atoms with E-state index in [4.69, 9.17) is 16.3 Å². The number of benzene rings is 1. The maximum Gasteiger partial charge on any atom is 0.241 e. The van der Waals surface area contributed by atoms with Gasteiger partial charge >= 0.3 is 0 Å². The van der Waals surface area contributed by atoms with Crippen LogP contribution in [-0.4, -0.2) is 57.2 Å². The van der Waals surface area contributed by atoms with Crippen LogP contribution in [0.1, 0.15) is 12.0 Å². The van der Waals surface area contributed by atoms with Crippen molar-refractivity contribution in [3.05, 3.63) is 34.9 Å². The number of aliphatic imine (C=N–C) groups is 1. The molecule has 24 heavy (non-hydrogen) atoms. The molecule has 1 heterocycles. The molecule has 1 aliphatic heterocycles. The van der Waals surface area contributed by atoms with Crippen molar-refractivity contribution in [3.8, 4) is 0 Å². The highest BCUT2D eigenvalue weighted by atomic mass is 35.5. The number of hydrogen-bond acceptors (Lipinski definition) is 3. The van der Waals surface area contributed by atoms with E-state index in [1.165, 1.54) is 0 Å². The molecule has 7 heteroatoms. The molecule has 1 atom stereocenters. The van der Waals surface area contributed by atoms with Crippen LogP contribution in [0.4, 0.5) is 0 Å². The number of carbonyl (C=O) groups excluding carboxylic acids is 1. The first-order chi connectivity index (χ1) is 11.5. The molecule has 0 spiro atoms. The van der Waals surface area contributed by atoms with Crippen molar-refractivity contribution in [2.75, 3.05) is 40.4 Å². The number of amides is 1. The van der Waals surface area contributed by atoms with E-state index in [2.05, 4.69) is 15.6 Å². The second-order valence-corrected chi connectivity index (χ2v) is 6.48. The predicted molar refractivity (Wildman–Crippen MR) is 96.2 cm³/mol. The molecule has 6 nitrogen and oxygen atoms in total. The summed E-state index contributed by atoms with van der Waals surface area (Å²) in [4.78, 5) is 17.9. The summed E-state index contributed by atoms with van der Waals surface area (Å²) < 4.78 is 5.39. The average molecular weight is 353 g/mol. The summed E-state index contributed by atoms with van der Waals surface area (Å²) in [6, 6.07) is 7.60. The lowest BCUT2D eigenvalue weighted by Crippen LogP contribution is -2.44. The Morgan fingerprint density at radius 3 is 2.92 bits per heavy atom. The van der Waals surface area contributed by atoms with Crippen molar-refractivity contribution in [1.29, 1.82) is 0 Å². The van der Waals surface area contributed by atoms with Crippen LogP contribution in [0, 0.1) is 5.92 Å². The monoisotopic (exact) mass is 352 g/mol. The highest BCUT2D eigenvalue weighted by molar-refractivity contribution is 6.30. The molecule has 2 N–H and O–H groups in total. The largest absolute Gasteiger partial charge is 0.381 e. The first kappa shape index (κ1) is 18.5. The molecule has 132 valence electrons. The number of hydrogen-bond donors (Lipinski definition) is 2. The van der Waals surface area contributed by atoms with E-state index in [1.54, 1.807) is 19.0 Å². The van der Waals surface area contributed by atoms with Crippen molar-refractivity contribution in [2.45, 2.75) is 13.0 Å². The molecule has 0 bridgehead atoms. The Balaban J connectivity index is 1.94. The van der Waals surface area contributed by atoms with Gasteiger partial charge in [0.1, 0.15) is 0 Å². The van der Waals surface area contributed by atoms with E-state index in [0.717, 1.165) is 31.7 Å². The quantitative estimate of drug-likeness (QED) is 0.601. The Morgan fingerprint density at radius 2 is 2.25 bits per heavy atom. The van der Waals surface area contributed by atoms with Gasteiger partial charge in [0.2, 0.25) is 5.91 Å². The van der Waals surface area contributed by atoms with Gasteiger partial charge in [-0.15, -0.1) is 0 Å². The van der Waals surface area contributed by atoms with Crippen LogP contribution in [0.25, 0.3) is 0 Å². The maximum absolute atomic E-state index is 11.8. The van der Waals surface area contributed by atoms with Crippen LogP contribution in [-0.2, 0) is 16.1 Å². The smallest absolute Gasteiger partial charge is 0.241 e. The summed E-state index contributed by atoms with van der Waals surface area (Å²) in [6.45, 7) is 3.05. The molecule has 1 aliphatic rings. The van der Waals surface area contributed by atoms with Gasteiger partial charge in [0.25, 0.3) is 0 Å². The number of carbonyl (C=O) groups is 1. The molecule has 2 rings (SSSR count). The molecule has 0 aromatic heterocycles. The summed E-state index contributed by atoms with van der Waals surface area (Å²) in [7, 11) is 3.46. The SMILES string of the molecule is CN(C)C(=O)CNC(=NCc1cccc(Cl)c1)NCC1CCOC1. The summed E-state index contributed by atoms with van der Waals surface area (Å²) in [5.41, 5.74) is 1.02. The minimum atomic E-state index is -0.00328. The standard InChI is InChI=1S/C17H25ClN4O2/c1-22(2)16(23)11-21-17(20-10-14-6-7-24-12-14)19-9-13-4-3-5-15(18)8-13/h3-5,8,14H,6-7,9-12H2,1-2H3,(H2,19,20,21). The van der Waals surface area contributed by atoms with Gasteiger partial charge in [0.15, 0.2) is 5.96 Å². The Labute approximate surface area is 148 Å². The van der Waals surface area contributed by atoms with Gasteiger partial charge in [-0.25, -0.2) is 4.99 Å². The third kappa shape index (κ3) is 6.37. The van der Waals surface area contributed by atoms with Gasteiger partial charge < -0.3 is 20.3 Å². The van der Waals surface area contributed by atoms with Crippen LogP contribution in [0.5, 0.6) is 0 Å². The lowest BCUT2D eigenvalue weighted by Gasteiger charge is -2.16. The van der Waals surface area contributed by atoms with E-state index < -0.39 is 0 Å². The van der Waals surface area contributed by atoms with Gasteiger partial charge in [-0.2, -0.15) is 0 Å². The number of nitrogens with zero attached hydrogens (tertiary/aromatic N) is 2. The van der Waals surface area contributed by atoms with Crippen molar-refractivity contribution < 1.29 is 9.53 Å². The van der Waals surface area contributed by atoms with E-state index >= 15 is 0 Å². The highest BCUT2D eigenvalue weighted by Gasteiger charge is 2.16. The van der Waals surface area contributed by atoms with Crippen LogP contribution in [0.2, 0.25) is 5.02 Å².